The first-order chi connectivity index (χ1) is 13.3. The number of hydrazone groups is 1. The van der Waals surface area contributed by atoms with E-state index in [1.54, 1.807) is 0 Å². The van der Waals surface area contributed by atoms with Gasteiger partial charge in [-0.05, 0) is 19.3 Å². The van der Waals surface area contributed by atoms with E-state index in [2.05, 4.69) is 25.6 Å². The molecule has 0 radical (unpaired) electrons. The first kappa shape index (κ1) is 19.1. The molecular weight excluding hydrogens is 364 g/mol. The lowest BCUT2D eigenvalue weighted by Crippen LogP contribution is -2.32. The molecular formula is C18H22N6O2S. The van der Waals surface area contributed by atoms with Crippen LogP contribution in [0.1, 0.15) is 24.3 Å². The quantitative estimate of drug-likeness (QED) is 0.408. The Morgan fingerprint density at radius 2 is 2.22 bits per heavy atom. The van der Waals surface area contributed by atoms with Crippen molar-refractivity contribution in [1.82, 2.24) is 15.5 Å². The molecule has 1 aliphatic heterocycles. The summed E-state index contributed by atoms with van der Waals surface area (Å²) in [6.07, 6.45) is 4.68. The largest absolute Gasteiger partial charge is 0.378 e. The third kappa shape index (κ3) is 5.66. The number of nitrogens with two attached hydrogens (primary N) is 1. The molecule has 8 nitrogen and oxygen atoms in total. The Bertz CT molecular complexity index is 799. The highest BCUT2D eigenvalue weighted by molar-refractivity contribution is 7.14. The van der Waals surface area contributed by atoms with Crippen LogP contribution in [-0.4, -0.2) is 47.3 Å². The number of amides is 1. The van der Waals surface area contributed by atoms with E-state index in [1.807, 2.05) is 30.3 Å². The number of nitrogens with one attached hydrogen (secondary N) is 1. The van der Waals surface area contributed by atoms with E-state index in [0.29, 0.717) is 11.6 Å². The Hall–Kier alpha value is -2.65. The Morgan fingerprint density at radius 1 is 1.37 bits per heavy atom. The van der Waals surface area contributed by atoms with Gasteiger partial charge in [0.05, 0.1) is 18.9 Å². The zero-order chi connectivity index (χ0) is 18.9. The fourth-order valence-electron chi connectivity index (χ4n) is 2.66. The second-order valence-electron chi connectivity index (χ2n) is 6.02. The monoisotopic (exact) mass is 386 g/mol. The van der Waals surface area contributed by atoms with Crippen LogP contribution in [0.15, 0.2) is 40.4 Å². The van der Waals surface area contributed by atoms with Crippen molar-refractivity contribution in [2.24, 2.45) is 15.9 Å². The molecule has 0 spiro atoms. The van der Waals surface area contributed by atoms with Gasteiger partial charge in [-0.2, -0.15) is 5.10 Å². The fraction of sp³-hybridized carbons (Fsp3) is 0.389. The maximum Gasteiger partial charge on any atom is 0.273 e. The zero-order valence-electron chi connectivity index (χ0n) is 14.9. The van der Waals surface area contributed by atoms with E-state index >= 15 is 0 Å². The van der Waals surface area contributed by atoms with Crippen molar-refractivity contribution >= 4 is 29.2 Å². The van der Waals surface area contributed by atoms with Crippen LogP contribution in [0.4, 0.5) is 0 Å². The molecule has 1 atom stereocenters. The van der Waals surface area contributed by atoms with E-state index in [-0.39, 0.29) is 18.4 Å². The third-order valence-electron chi connectivity index (χ3n) is 4.08. The minimum Gasteiger partial charge on any atom is -0.378 e. The van der Waals surface area contributed by atoms with E-state index in [0.717, 1.165) is 36.4 Å². The lowest BCUT2D eigenvalue weighted by atomic mass is 10.2. The van der Waals surface area contributed by atoms with Crippen molar-refractivity contribution in [2.45, 2.75) is 31.9 Å². The maximum atomic E-state index is 12.2. The number of nitrogens with zero attached hydrogens (tertiary/aromatic N) is 4. The number of carbonyl (C=O) groups is 1. The van der Waals surface area contributed by atoms with Gasteiger partial charge in [0.25, 0.3) is 5.91 Å². The molecule has 2 aromatic rings. The minimum atomic E-state index is -0.394. The van der Waals surface area contributed by atoms with Gasteiger partial charge in [-0.25, -0.2) is 0 Å². The summed E-state index contributed by atoms with van der Waals surface area (Å²) in [5.41, 5.74) is 1.07. The Morgan fingerprint density at radius 3 is 2.96 bits per heavy atom. The number of hydrogen-bond acceptors (Lipinski definition) is 8. The predicted molar refractivity (Wildman–Crippen MR) is 106 cm³/mol. The molecule has 1 aliphatic rings. The molecule has 0 aliphatic carbocycles. The predicted octanol–water partition coefficient (Wildman–Crippen LogP) is 1.78. The normalized spacial score (nSPS) is 17.5. The minimum absolute atomic E-state index is 0.0788. The summed E-state index contributed by atoms with van der Waals surface area (Å²) in [5.74, 6) is 4.92. The molecule has 27 heavy (non-hydrogen) atoms. The van der Waals surface area contributed by atoms with E-state index in [9.17, 15) is 4.79 Å². The van der Waals surface area contributed by atoms with Gasteiger partial charge in [0.15, 0.2) is 5.71 Å². The van der Waals surface area contributed by atoms with Crippen LogP contribution in [0, 0.1) is 0 Å². The zero-order valence-corrected chi connectivity index (χ0v) is 15.7. The highest BCUT2D eigenvalue weighted by Crippen LogP contribution is 2.22. The molecule has 1 saturated heterocycles. The molecule has 0 saturated carbocycles. The summed E-state index contributed by atoms with van der Waals surface area (Å²) < 4.78 is 5.54. The van der Waals surface area contributed by atoms with Crippen LogP contribution in [-0.2, 0) is 16.1 Å². The number of benzene rings is 1. The van der Waals surface area contributed by atoms with Gasteiger partial charge in [-0.3, -0.25) is 9.79 Å². The molecule has 142 valence electrons. The van der Waals surface area contributed by atoms with Crippen LogP contribution < -0.4 is 11.2 Å². The topological polar surface area (TPSA) is 115 Å². The number of rotatable bonds is 8. The third-order valence-corrected chi connectivity index (χ3v) is 5.05. The van der Waals surface area contributed by atoms with Crippen LogP contribution >= 0.6 is 11.3 Å². The smallest absolute Gasteiger partial charge is 0.273 e. The summed E-state index contributed by atoms with van der Waals surface area (Å²) in [5, 5.41) is 16.0. The second kappa shape index (κ2) is 9.89. The van der Waals surface area contributed by atoms with Crippen molar-refractivity contribution in [3.8, 4) is 10.6 Å². The van der Waals surface area contributed by atoms with Crippen molar-refractivity contribution in [1.29, 1.82) is 0 Å². The number of hydrogen-bond donors (Lipinski definition) is 2. The number of ether oxygens (including phenoxy) is 1. The van der Waals surface area contributed by atoms with Gasteiger partial charge >= 0.3 is 0 Å². The van der Waals surface area contributed by atoms with Gasteiger partial charge in [0, 0.05) is 18.7 Å². The summed E-state index contributed by atoms with van der Waals surface area (Å²) in [6.45, 7) is 1.66. The lowest BCUT2D eigenvalue weighted by Gasteiger charge is -2.05. The van der Waals surface area contributed by atoms with Crippen LogP contribution in [0.3, 0.4) is 0 Å². The van der Waals surface area contributed by atoms with Gasteiger partial charge in [-0.15, -0.1) is 10.2 Å². The molecule has 1 aromatic heterocycles. The second-order valence-corrected chi connectivity index (χ2v) is 7.09. The highest BCUT2D eigenvalue weighted by Gasteiger charge is 2.15. The van der Waals surface area contributed by atoms with Crippen molar-refractivity contribution in [3.05, 3.63) is 35.3 Å². The molecule has 3 rings (SSSR count). The molecule has 9 heteroatoms. The first-order valence-electron chi connectivity index (χ1n) is 8.81. The Balaban J connectivity index is 1.46. The van der Waals surface area contributed by atoms with Crippen LogP contribution in [0.25, 0.3) is 10.6 Å². The van der Waals surface area contributed by atoms with E-state index < -0.39 is 5.91 Å². The molecule has 1 amide bonds. The van der Waals surface area contributed by atoms with Crippen molar-refractivity contribution < 1.29 is 9.53 Å². The summed E-state index contributed by atoms with van der Waals surface area (Å²) in [4.78, 5) is 16.4. The average Bonchev–Trinajstić information content (AvgIpc) is 3.39. The standard InChI is InChI=1S/C18H22N6O2S/c19-22-15(11-20-9-8-14-7-4-10-26-14)17(25)21-12-16-23-24-18(27-16)13-5-2-1-3-6-13/h1-3,5-6,11,14H,4,7-10,12,19H2,(H,21,25)/b20-11?,22-15+. The summed E-state index contributed by atoms with van der Waals surface area (Å²) in [7, 11) is 0. The van der Waals surface area contributed by atoms with Gasteiger partial charge in [0.2, 0.25) is 0 Å². The molecule has 3 N–H and O–H groups in total. The average molecular weight is 386 g/mol. The number of carbonyl (C=O) groups excluding carboxylic acids is 1. The molecule has 2 heterocycles. The lowest BCUT2D eigenvalue weighted by molar-refractivity contribution is -0.114. The first-order valence-corrected chi connectivity index (χ1v) is 9.63. The van der Waals surface area contributed by atoms with Crippen molar-refractivity contribution in [2.75, 3.05) is 13.2 Å². The highest BCUT2D eigenvalue weighted by atomic mass is 32.1. The van der Waals surface area contributed by atoms with Gasteiger partial charge in [0.1, 0.15) is 10.0 Å². The molecule has 0 bridgehead atoms. The summed E-state index contributed by atoms with van der Waals surface area (Å²) in [6, 6.07) is 9.77. The summed E-state index contributed by atoms with van der Waals surface area (Å²) >= 11 is 1.43. The van der Waals surface area contributed by atoms with Crippen LogP contribution in [0.2, 0.25) is 0 Å². The molecule has 1 aromatic carbocycles. The van der Waals surface area contributed by atoms with E-state index in [4.69, 9.17) is 10.6 Å². The van der Waals surface area contributed by atoms with Gasteiger partial charge < -0.3 is 15.9 Å². The SMILES string of the molecule is N/N=C(\C=NCCC1CCCO1)C(=O)NCc1nnc(-c2ccccc2)s1. The Kier molecular flexibility index (Phi) is 7.00. The maximum absolute atomic E-state index is 12.2. The van der Waals surface area contributed by atoms with Crippen molar-refractivity contribution in [3.63, 3.8) is 0 Å². The molecule has 1 fully saturated rings. The van der Waals surface area contributed by atoms with E-state index in [1.165, 1.54) is 17.6 Å². The van der Waals surface area contributed by atoms with Gasteiger partial charge in [-0.1, -0.05) is 41.7 Å². The molecule has 1 unspecified atom stereocenters. The number of aromatic nitrogens is 2. The fourth-order valence-corrected chi connectivity index (χ4v) is 3.45. The number of aliphatic imine (C=N–C) groups is 1. The Labute approximate surface area is 161 Å². The van der Waals surface area contributed by atoms with Crippen LogP contribution in [0.5, 0.6) is 0 Å².